The number of amides is 1. The number of thiazole rings is 1. The van der Waals surface area contributed by atoms with E-state index in [9.17, 15) is 4.79 Å². The second kappa shape index (κ2) is 7.96. The van der Waals surface area contributed by atoms with Gasteiger partial charge in [0.15, 0.2) is 0 Å². The predicted octanol–water partition coefficient (Wildman–Crippen LogP) is 4.18. The third-order valence-electron chi connectivity index (χ3n) is 4.94. The monoisotopic (exact) mass is 378 g/mol. The minimum absolute atomic E-state index is 0.0551. The molecule has 3 aromatic rings. The lowest BCUT2D eigenvalue weighted by molar-refractivity contribution is 0.0785. The lowest BCUT2D eigenvalue weighted by Crippen LogP contribution is -2.28. The van der Waals surface area contributed by atoms with Crippen LogP contribution in [0.3, 0.4) is 0 Å². The number of aryl methyl sites for hydroxylation is 1. The summed E-state index contributed by atoms with van der Waals surface area (Å²) in [5, 5.41) is 2.95. The largest absolute Gasteiger partial charge is 0.337 e. The molecule has 1 saturated heterocycles. The van der Waals surface area contributed by atoms with Crippen LogP contribution < -0.4 is 0 Å². The first-order valence-electron chi connectivity index (χ1n) is 9.34. The van der Waals surface area contributed by atoms with E-state index < -0.39 is 0 Å². The van der Waals surface area contributed by atoms with E-state index in [1.54, 1.807) is 23.7 Å². The highest BCUT2D eigenvalue weighted by Gasteiger charge is 2.29. The summed E-state index contributed by atoms with van der Waals surface area (Å²) in [5.41, 5.74) is 3.83. The summed E-state index contributed by atoms with van der Waals surface area (Å²) in [7, 11) is 0. The highest BCUT2D eigenvalue weighted by atomic mass is 32.1. The molecule has 0 bridgehead atoms. The number of hydrogen-bond donors (Lipinski definition) is 0. The summed E-state index contributed by atoms with van der Waals surface area (Å²) in [5.74, 6) is 0.394. The lowest BCUT2D eigenvalue weighted by Gasteiger charge is -2.16. The Labute approximate surface area is 163 Å². The molecule has 0 unspecified atom stereocenters. The molecule has 3 aromatic heterocycles. The molecule has 1 atom stereocenters. The van der Waals surface area contributed by atoms with Crippen molar-refractivity contribution in [3.8, 4) is 11.3 Å². The van der Waals surface area contributed by atoms with Gasteiger partial charge in [0.1, 0.15) is 5.69 Å². The van der Waals surface area contributed by atoms with Crippen molar-refractivity contribution in [3.63, 3.8) is 0 Å². The van der Waals surface area contributed by atoms with Gasteiger partial charge in [-0.25, -0.2) is 4.98 Å². The van der Waals surface area contributed by atoms with Crippen LogP contribution in [0.2, 0.25) is 0 Å². The molecule has 138 valence electrons. The van der Waals surface area contributed by atoms with E-state index in [1.165, 1.54) is 5.56 Å². The zero-order valence-electron chi connectivity index (χ0n) is 15.3. The molecule has 0 aromatic carbocycles. The molecular formula is C21H22N4OS. The SMILES string of the molecule is CCCc1nc(C(=O)N2CC[C@@H](c3ccnc(-c4ccncc4)c3)C2)cs1. The molecule has 0 N–H and O–H groups in total. The number of pyridine rings is 2. The molecule has 1 aliphatic rings. The Balaban J connectivity index is 1.47. The number of likely N-dealkylation sites (tertiary alicyclic amines) is 1. The van der Waals surface area contributed by atoms with Gasteiger partial charge in [0.05, 0.1) is 10.7 Å². The molecule has 6 heteroatoms. The Kier molecular flexibility index (Phi) is 5.25. The normalized spacial score (nSPS) is 16.6. The van der Waals surface area contributed by atoms with E-state index in [0.29, 0.717) is 11.6 Å². The second-order valence-corrected chi connectivity index (χ2v) is 7.77. The fraction of sp³-hybridized carbons (Fsp3) is 0.333. The quantitative estimate of drug-likeness (QED) is 0.668. The first-order chi connectivity index (χ1) is 13.2. The maximum absolute atomic E-state index is 12.8. The molecule has 1 aliphatic heterocycles. The Bertz CT molecular complexity index is 925. The third-order valence-corrected chi connectivity index (χ3v) is 5.85. The van der Waals surface area contributed by atoms with Crippen LogP contribution in [0.1, 0.15) is 46.7 Å². The Hall–Kier alpha value is -2.60. The molecule has 0 radical (unpaired) electrons. The smallest absolute Gasteiger partial charge is 0.273 e. The minimum atomic E-state index is 0.0551. The maximum Gasteiger partial charge on any atom is 0.273 e. The topological polar surface area (TPSA) is 59.0 Å². The number of nitrogens with zero attached hydrogens (tertiary/aromatic N) is 4. The zero-order chi connectivity index (χ0) is 18.6. The Morgan fingerprint density at radius 1 is 1.26 bits per heavy atom. The van der Waals surface area contributed by atoms with Crippen LogP contribution in [0.25, 0.3) is 11.3 Å². The molecule has 4 rings (SSSR count). The fourth-order valence-electron chi connectivity index (χ4n) is 3.50. The number of rotatable bonds is 5. The maximum atomic E-state index is 12.8. The second-order valence-electron chi connectivity index (χ2n) is 6.82. The van der Waals surface area contributed by atoms with Gasteiger partial charge in [-0.3, -0.25) is 14.8 Å². The summed E-state index contributed by atoms with van der Waals surface area (Å²) in [4.78, 5) is 27.8. The number of aromatic nitrogens is 3. The van der Waals surface area contributed by atoms with Gasteiger partial charge in [0.25, 0.3) is 5.91 Å². The van der Waals surface area contributed by atoms with Crippen molar-refractivity contribution < 1.29 is 4.79 Å². The van der Waals surface area contributed by atoms with E-state index in [2.05, 4.69) is 34.0 Å². The van der Waals surface area contributed by atoms with Crippen LogP contribution in [0.5, 0.6) is 0 Å². The van der Waals surface area contributed by atoms with Crippen LogP contribution in [0, 0.1) is 0 Å². The average molecular weight is 379 g/mol. The van der Waals surface area contributed by atoms with Crippen LogP contribution in [0.4, 0.5) is 0 Å². The Morgan fingerprint density at radius 2 is 2.11 bits per heavy atom. The lowest BCUT2D eigenvalue weighted by atomic mass is 9.97. The van der Waals surface area contributed by atoms with Gasteiger partial charge in [0.2, 0.25) is 0 Å². The fourth-order valence-corrected chi connectivity index (χ4v) is 4.37. The number of carbonyl (C=O) groups is 1. The standard InChI is InChI=1S/C21H22N4OS/c1-2-3-20-24-19(14-27-20)21(26)25-11-7-17(13-25)16-6-10-23-18(12-16)15-4-8-22-9-5-15/h4-6,8-10,12,14,17H,2-3,7,11,13H2,1H3/t17-/m1/s1. The van der Waals surface area contributed by atoms with E-state index in [0.717, 1.165) is 48.6 Å². The molecule has 1 amide bonds. The van der Waals surface area contributed by atoms with Crippen LogP contribution >= 0.6 is 11.3 Å². The summed E-state index contributed by atoms with van der Waals surface area (Å²) in [6.07, 6.45) is 8.37. The van der Waals surface area contributed by atoms with Crippen LogP contribution in [-0.4, -0.2) is 38.8 Å². The van der Waals surface area contributed by atoms with Gasteiger partial charge < -0.3 is 4.90 Å². The molecule has 27 heavy (non-hydrogen) atoms. The molecule has 1 fully saturated rings. The first-order valence-corrected chi connectivity index (χ1v) is 10.2. The van der Waals surface area contributed by atoms with E-state index >= 15 is 0 Å². The molecule has 5 nitrogen and oxygen atoms in total. The number of hydrogen-bond acceptors (Lipinski definition) is 5. The van der Waals surface area contributed by atoms with Crippen molar-refractivity contribution in [2.24, 2.45) is 0 Å². The van der Waals surface area contributed by atoms with E-state index in [1.807, 2.05) is 28.6 Å². The summed E-state index contributed by atoms with van der Waals surface area (Å²) < 4.78 is 0. The van der Waals surface area contributed by atoms with Crippen molar-refractivity contribution in [1.29, 1.82) is 0 Å². The van der Waals surface area contributed by atoms with Gasteiger partial charge in [-0.15, -0.1) is 11.3 Å². The van der Waals surface area contributed by atoms with Gasteiger partial charge in [-0.2, -0.15) is 0 Å². The first kappa shape index (κ1) is 17.8. The van der Waals surface area contributed by atoms with Crippen molar-refractivity contribution >= 4 is 17.2 Å². The van der Waals surface area contributed by atoms with Crippen LogP contribution in [0.15, 0.2) is 48.2 Å². The summed E-state index contributed by atoms with van der Waals surface area (Å²) >= 11 is 1.59. The average Bonchev–Trinajstić information content (AvgIpc) is 3.39. The van der Waals surface area contributed by atoms with Crippen LogP contribution in [-0.2, 0) is 6.42 Å². The van der Waals surface area contributed by atoms with Crippen molar-refractivity contribution in [1.82, 2.24) is 19.9 Å². The van der Waals surface area contributed by atoms with Gasteiger partial charge in [0, 0.05) is 48.5 Å². The van der Waals surface area contributed by atoms with Gasteiger partial charge in [-0.1, -0.05) is 6.92 Å². The van der Waals surface area contributed by atoms with Crippen molar-refractivity contribution in [2.75, 3.05) is 13.1 Å². The number of carbonyl (C=O) groups excluding carboxylic acids is 1. The van der Waals surface area contributed by atoms with E-state index in [4.69, 9.17) is 0 Å². The molecule has 0 aliphatic carbocycles. The van der Waals surface area contributed by atoms with Crippen molar-refractivity contribution in [3.05, 3.63) is 64.5 Å². The molecule has 4 heterocycles. The minimum Gasteiger partial charge on any atom is -0.337 e. The summed E-state index contributed by atoms with van der Waals surface area (Å²) in [6.45, 7) is 3.64. The molecular weight excluding hydrogens is 356 g/mol. The van der Waals surface area contributed by atoms with Crippen molar-refractivity contribution in [2.45, 2.75) is 32.1 Å². The van der Waals surface area contributed by atoms with Gasteiger partial charge in [-0.05, 0) is 49.1 Å². The predicted molar refractivity (Wildman–Crippen MR) is 107 cm³/mol. The third kappa shape index (κ3) is 3.90. The van der Waals surface area contributed by atoms with E-state index in [-0.39, 0.29) is 5.91 Å². The molecule has 0 spiro atoms. The van der Waals surface area contributed by atoms with Gasteiger partial charge >= 0.3 is 0 Å². The Morgan fingerprint density at radius 3 is 2.93 bits per heavy atom. The molecule has 0 saturated carbocycles. The highest BCUT2D eigenvalue weighted by Crippen LogP contribution is 2.30. The zero-order valence-corrected chi connectivity index (χ0v) is 16.2. The highest BCUT2D eigenvalue weighted by molar-refractivity contribution is 7.09. The summed E-state index contributed by atoms with van der Waals surface area (Å²) in [6, 6.07) is 8.13.